The van der Waals surface area contributed by atoms with E-state index in [1.807, 2.05) is 0 Å². The van der Waals surface area contributed by atoms with Crippen LogP contribution in [-0.4, -0.2) is 31.9 Å². The Bertz CT molecular complexity index is 567. The molecule has 104 valence electrons. The Morgan fingerprint density at radius 3 is 2.63 bits per heavy atom. The summed E-state index contributed by atoms with van der Waals surface area (Å²) in [7, 11) is -3.60. The zero-order valence-corrected chi connectivity index (χ0v) is 12.3. The number of amidine groups is 1. The van der Waals surface area contributed by atoms with Crippen molar-refractivity contribution in [1.29, 1.82) is 0 Å². The maximum atomic E-state index is 11.1. The molecule has 0 saturated carbocycles. The Morgan fingerprint density at radius 2 is 2.11 bits per heavy atom. The summed E-state index contributed by atoms with van der Waals surface area (Å²) < 4.78 is 22.2. The molecule has 2 rings (SSSR count). The Balaban J connectivity index is 1.84. The fraction of sp³-hybridized carbons (Fsp3) is 0.417. The van der Waals surface area contributed by atoms with Crippen molar-refractivity contribution in [1.82, 2.24) is 5.32 Å². The molecule has 0 bridgehead atoms. The van der Waals surface area contributed by atoms with E-state index in [2.05, 4.69) is 17.2 Å². The highest BCUT2D eigenvalue weighted by Crippen LogP contribution is 2.18. The quantitative estimate of drug-likeness (QED) is 0.867. The van der Waals surface area contributed by atoms with Gasteiger partial charge in [-0.1, -0.05) is 30.8 Å². The van der Waals surface area contributed by atoms with Crippen LogP contribution in [0.1, 0.15) is 12.5 Å². The summed E-state index contributed by atoms with van der Waals surface area (Å²) in [5, 5.41) is 9.87. The van der Waals surface area contributed by atoms with Gasteiger partial charge in [0.2, 0.25) is 10.0 Å². The first-order valence-electron chi connectivity index (χ1n) is 6.02. The van der Waals surface area contributed by atoms with Crippen LogP contribution in [0.15, 0.2) is 34.2 Å². The molecule has 3 N–H and O–H groups in total. The van der Waals surface area contributed by atoms with E-state index in [0.29, 0.717) is 5.25 Å². The van der Waals surface area contributed by atoms with Crippen molar-refractivity contribution >= 4 is 27.0 Å². The van der Waals surface area contributed by atoms with Crippen molar-refractivity contribution in [3.05, 3.63) is 29.8 Å². The zero-order chi connectivity index (χ0) is 13.9. The fourth-order valence-electron chi connectivity index (χ4n) is 1.73. The second-order valence-electron chi connectivity index (χ2n) is 4.44. The van der Waals surface area contributed by atoms with Crippen LogP contribution in [0.3, 0.4) is 0 Å². The molecule has 19 heavy (non-hydrogen) atoms. The van der Waals surface area contributed by atoms with Gasteiger partial charge in [0.05, 0.1) is 11.4 Å². The maximum Gasteiger partial charge on any atom is 0.238 e. The molecule has 0 aromatic heterocycles. The highest BCUT2D eigenvalue weighted by atomic mass is 32.2. The van der Waals surface area contributed by atoms with Gasteiger partial charge in [0.1, 0.15) is 0 Å². The summed E-state index contributed by atoms with van der Waals surface area (Å²) in [6, 6.07) is 6.64. The molecule has 0 saturated heterocycles. The standard InChI is InChI=1S/C12H17N3O2S2/c1-9-8-15-12(18-9)14-7-6-10-2-4-11(5-3-10)19(13,16)17/h2-5,9H,6-8H2,1H3,(H,14,15)(H2,13,16,17). The Hall–Kier alpha value is -1.05. The lowest BCUT2D eigenvalue weighted by atomic mass is 10.1. The third kappa shape index (κ3) is 4.22. The van der Waals surface area contributed by atoms with E-state index in [-0.39, 0.29) is 4.90 Å². The SMILES string of the molecule is CC1CN=C(NCCc2ccc(S(N)(=O)=O)cc2)S1. The normalized spacial score (nSPS) is 19.3. The Morgan fingerprint density at radius 1 is 1.42 bits per heavy atom. The first kappa shape index (κ1) is 14.4. The number of benzene rings is 1. The van der Waals surface area contributed by atoms with Crippen molar-refractivity contribution in [3.63, 3.8) is 0 Å². The molecular formula is C12H17N3O2S2. The van der Waals surface area contributed by atoms with E-state index < -0.39 is 10.0 Å². The minimum atomic E-state index is -3.60. The van der Waals surface area contributed by atoms with Crippen LogP contribution in [0.4, 0.5) is 0 Å². The molecule has 1 aromatic rings. The topological polar surface area (TPSA) is 84.5 Å². The van der Waals surface area contributed by atoms with Gasteiger partial charge in [-0.05, 0) is 24.1 Å². The first-order valence-corrected chi connectivity index (χ1v) is 8.44. The summed E-state index contributed by atoms with van der Waals surface area (Å²) in [6.07, 6.45) is 0.818. The second kappa shape index (κ2) is 5.94. The lowest BCUT2D eigenvalue weighted by molar-refractivity contribution is 0.598. The molecule has 0 amide bonds. The number of primary sulfonamides is 1. The van der Waals surface area contributed by atoms with E-state index >= 15 is 0 Å². The molecule has 1 aliphatic rings. The molecule has 7 heteroatoms. The highest BCUT2D eigenvalue weighted by molar-refractivity contribution is 8.14. The van der Waals surface area contributed by atoms with Crippen molar-refractivity contribution in [2.75, 3.05) is 13.1 Å². The van der Waals surface area contributed by atoms with Crippen LogP contribution < -0.4 is 10.5 Å². The van der Waals surface area contributed by atoms with Gasteiger partial charge in [-0.2, -0.15) is 0 Å². The monoisotopic (exact) mass is 299 g/mol. The van der Waals surface area contributed by atoms with E-state index in [1.54, 1.807) is 23.9 Å². The van der Waals surface area contributed by atoms with Gasteiger partial charge in [-0.25, -0.2) is 13.6 Å². The molecule has 1 aliphatic heterocycles. The smallest absolute Gasteiger partial charge is 0.238 e. The van der Waals surface area contributed by atoms with Gasteiger partial charge in [0, 0.05) is 11.8 Å². The van der Waals surface area contributed by atoms with Crippen LogP contribution in [-0.2, 0) is 16.4 Å². The lowest BCUT2D eigenvalue weighted by Crippen LogP contribution is -2.22. The van der Waals surface area contributed by atoms with Crippen molar-refractivity contribution in [3.8, 4) is 0 Å². The molecule has 0 radical (unpaired) electrons. The van der Waals surface area contributed by atoms with Gasteiger partial charge in [-0.15, -0.1) is 0 Å². The van der Waals surface area contributed by atoms with Gasteiger partial charge in [0.15, 0.2) is 5.17 Å². The summed E-state index contributed by atoms with van der Waals surface area (Å²) in [5.74, 6) is 0. The predicted molar refractivity (Wildman–Crippen MR) is 78.9 cm³/mol. The summed E-state index contributed by atoms with van der Waals surface area (Å²) in [6.45, 7) is 3.80. The maximum absolute atomic E-state index is 11.1. The third-order valence-electron chi connectivity index (χ3n) is 2.75. The number of hydrogen-bond donors (Lipinski definition) is 2. The number of nitrogens with zero attached hydrogens (tertiary/aromatic N) is 1. The van der Waals surface area contributed by atoms with Gasteiger partial charge in [-0.3, -0.25) is 4.99 Å². The predicted octanol–water partition coefficient (Wildman–Crippen LogP) is 0.957. The average molecular weight is 299 g/mol. The van der Waals surface area contributed by atoms with Crippen LogP contribution in [0.25, 0.3) is 0 Å². The van der Waals surface area contributed by atoms with Crippen molar-refractivity contribution < 1.29 is 8.42 Å². The molecule has 1 aromatic carbocycles. The molecule has 1 atom stereocenters. The first-order chi connectivity index (χ1) is 8.95. The second-order valence-corrected chi connectivity index (χ2v) is 7.43. The fourth-order valence-corrected chi connectivity index (χ4v) is 3.11. The van der Waals surface area contributed by atoms with Gasteiger partial charge < -0.3 is 5.32 Å². The molecule has 0 spiro atoms. The Kier molecular flexibility index (Phi) is 4.49. The number of rotatable bonds is 4. The summed E-state index contributed by atoms with van der Waals surface area (Å²) >= 11 is 1.75. The average Bonchev–Trinajstić information content (AvgIpc) is 2.75. The molecule has 1 heterocycles. The van der Waals surface area contributed by atoms with Crippen LogP contribution in [0.5, 0.6) is 0 Å². The van der Waals surface area contributed by atoms with Crippen molar-refractivity contribution in [2.24, 2.45) is 10.1 Å². The van der Waals surface area contributed by atoms with E-state index in [9.17, 15) is 8.42 Å². The molecule has 5 nitrogen and oxygen atoms in total. The van der Waals surface area contributed by atoms with E-state index in [1.165, 1.54) is 12.1 Å². The van der Waals surface area contributed by atoms with E-state index in [0.717, 1.165) is 30.2 Å². The molecule has 0 fully saturated rings. The van der Waals surface area contributed by atoms with Gasteiger partial charge >= 0.3 is 0 Å². The molecular weight excluding hydrogens is 282 g/mol. The lowest BCUT2D eigenvalue weighted by Gasteiger charge is -2.06. The zero-order valence-electron chi connectivity index (χ0n) is 10.7. The van der Waals surface area contributed by atoms with Crippen LogP contribution in [0, 0.1) is 0 Å². The summed E-state index contributed by atoms with van der Waals surface area (Å²) in [5.41, 5.74) is 1.07. The number of hydrogen-bond acceptors (Lipinski definition) is 5. The molecule has 1 unspecified atom stereocenters. The Labute approximate surface area is 117 Å². The number of thioether (sulfide) groups is 1. The molecule has 0 aliphatic carbocycles. The number of nitrogens with one attached hydrogen (secondary N) is 1. The van der Waals surface area contributed by atoms with Crippen LogP contribution >= 0.6 is 11.8 Å². The van der Waals surface area contributed by atoms with E-state index in [4.69, 9.17) is 5.14 Å². The largest absolute Gasteiger partial charge is 0.365 e. The summed E-state index contributed by atoms with van der Waals surface area (Å²) in [4.78, 5) is 4.51. The number of aliphatic imine (C=N–C) groups is 1. The minimum absolute atomic E-state index is 0.147. The van der Waals surface area contributed by atoms with Crippen LogP contribution in [0.2, 0.25) is 0 Å². The van der Waals surface area contributed by atoms with Gasteiger partial charge in [0.25, 0.3) is 0 Å². The number of sulfonamides is 1. The minimum Gasteiger partial charge on any atom is -0.365 e. The third-order valence-corrected chi connectivity index (χ3v) is 4.72. The number of nitrogens with two attached hydrogens (primary N) is 1. The van der Waals surface area contributed by atoms with Crippen molar-refractivity contribution in [2.45, 2.75) is 23.5 Å². The highest BCUT2D eigenvalue weighted by Gasteiger charge is 2.14.